The topological polar surface area (TPSA) is 73.1 Å². The van der Waals surface area contributed by atoms with Crippen molar-refractivity contribution in [2.45, 2.75) is 18.6 Å². The van der Waals surface area contributed by atoms with Crippen LogP contribution in [-0.2, 0) is 14.6 Å². The summed E-state index contributed by atoms with van der Waals surface area (Å²) in [6, 6.07) is 0. The summed E-state index contributed by atoms with van der Waals surface area (Å²) in [5.74, 6) is 0.0851. The number of hydrogen-bond donors (Lipinski definition) is 0. The first kappa shape index (κ1) is 10.6. The molecule has 0 bridgehead atoms. The second-order valence-electron chi connectivity index (χ2n) is 3.14. The van der Waals surface area contributed by atoms with Gasteiger partial charge in [-0.15, -0.1) is 10.2 Å². The van der Waals surface area contributed by atoms with E-state index in [9.17, 15) is 8.42 Å². The van der Waals surface area contributed by atoms with Crippen LogP contribution in [0.15, 0.2) is 9.22 Å². The highest BCUT2D eigenvalue weighted by Crippen LogP contribution is 2.28. The van der Waals surface area contributed by atoms with E-state index in [1.165, 1.54) is 13.8 Å². The Morgan fingerprint density at radius 3 is 2.23 bits per heavy atom. The fourth-order valence-corrected chi connectivity index (χ4v) is 1.24. The van der Waals surface area contributed by atoms with Crippen LogP contribution in [0.4, 0.5) is 0 Å². The summed E-state index contributed by atoms with van der Waals surface area (Å²) in [4.78, 5) is 0.180. The Hall–Kier alpha value is -0.430. The van der Waals surface area contributed by atoms with Crippen LogP contribution in [0.25, 0.3) is 0 Å². The van der Waals surface area contributed by atoms with Gasteiger partial charge in [-0.05, 0) is 13.8 Å². The maximum absolute atomic E-state index is 11.3. The molecule has 0 fully saturated rings. The molecule has 1 heterocycles. The fraction of sp³-hybridized carbons (Fsp3) is 0.667. The van der Waals surface area contributed by atoms with Crippen molar-refractivity contribution in [1.29, 1.82) is 0 Å². The minimum atomic E-state index is -3.26. The van der Waals surface area contributed by atoms with E-state index in [-0.39, 0.29) is 10.7 Å². The van der Waals surface area contributed by atoms with E-state index in [4.69, 9.17) is 4.42 Å². The largest absolute Gasteiger partial charge is 0.414 e. The molecular formula is C6H9BrN2O3S. The van der Waals surface area contributed by atoms with Gasteiger partial charge in [-0.25, -0.2) is 8.42 Å². The van der Waals surface area contributed by atoms with Crippen molar-refractivity contribution in [2.75, 3.05) is 6.26 Å². The predicted molar refractivity (Wildman–Crippen MR) is 49.9 cm³/mol. The van der Waals surface area contributed by atoms with E-state index in [1.807, 2.05) is 0 Å². The molecule has 1 aromatic rings. The normalized spacial score (nSPS) is 13.2. The maximum atomic E-state index is 11.3. The van der Waals surface area contributed by atoms with E-state index in [0.29, 0.717) is 0 Å². The van der Waals surface area contributed by atoms with Crippen molar-refractivity contribution in [3.63, 3.8) is 0 Å². The van der Waals surface area contributed by atoms with Crippen LogP contribution >= 0.6 is 15.9 Å². The second-order valence-corrected chi connectivity index (χ2v) is 6.39. The van der Waals surface area contributed by atoms with E-state index >= 15 is 0 Å². The van der Waals surface area contributed by atoms with Gasteiger partial charge in [0, 0.05) is 22.2 Å². The molecule has 0 radical (unpaired) electrons. The maximum Gasteiger partial charge on any atom is 0.284 e. The summed E-state index contributed by atoms with van der Waals surface area (Å²) in [6.07, 6.45) is 1.13. The lowest BCUT2D eigenvalue weighted by molar-refractivity contribution is 0.419. The van der Waals surface area contributed by atoms with Crippen LogP contribution in [0.1, 0.15) is 19.7 Å². The highest BCUT2D eigenvalue weighted by atomic mass is 79.9. The third-order valence-corrected chi connectivity index (χ3v) is 4.19. The number of sulfone groups is 1. The molecule has 0 amide bonds. The molecule has 13 heavy (non-hydrogen) atoms. The summed E-state index contributed by atoms with van der Waals surface area (Å²) in [5.41, 5.74) is 0. The van der Waals surface area contributed by atoms with Crippen LogP contribution in [-0.4, -0.2) is 24.9 Å². The van der Waals surface area contributed by atoms with Crippen molar-refractivity contribution >= 4 is 25.8 Å². The molecule has 0 aliphatic heterocycles. The zero-order valence-corrected chi connectivity index (χ0v) is 9.81. The van der Waals surface area contributed by atoms with Crippen molar-refractivity contribution in [1.82, 2.24) is 10.2 Å². The molecule has 74 valence electrons. The van der Waals surface area contributed by atoms with Gasteiger partial charge in [0.15, 0.2) is 9.84 Å². The van der Waals surface area contributed by atoms with E-state index in [1.54, 1.807) is 0 Å². The van der Waals surface area contributed by atoms with Gasteiger partial charge in [-0.2, -0.15) is 0 Å². The van der Waals surface area contributed by atoms with Gasteiger partial charge < -0.3 is 4.42 Å². The minimum absolute atomic E-state index is 0.0851. The Balaban J connectivity index is 3.23. The van der Waals surface area contributed by atoms with Crippen LogP contribution < -0.4 is 0 Å². The zero-order valence-electron chi connectivity index (χ0n) is 7.41. The van der Waals surface area contributed by atoms with Crippen molar-refractivity contribution in [3.05, 3.63) is 10.7 Å². The van der Waals surface area contributed by atoms with Gasteiger partial charge >= 0.3 is 0 Å². The van der Waals surface area contributed by atoms with Gasteiger partial charge in [0.25, 0.3) is 4.80 Å². The van der Waals surface area contributed by atoms with E-state index in [0.717, 1.165) is 6.26 Å². The van der Waals surface area contributed by atoms with Crippen LogP contribution in [0.2, 0.25) is 0 Å². The first-order valence-electron chi connectivity index (χ1n) is 3.44. The molecule has 0 atom stereocenters. The van der Waals surface area contributed by atoms with Crippen molar-refractivity contribution in [3.8, 4) is 0 Å². The fourth-order valence-electron chi connectivity index (χ4n) is 0.607. The standard InChI is InChI=1S/C6H9BrN2O3S/c1-6(2,13(3,10)11)4-8-9-5(7)12-4/h1-3H3. The summed E-state index contributed by atoms with van der Waals surface area (Å²) >= 11 is 2.96. The third-order valence-electron chi connectivity index (χ3n) is 1.84. The monoisotopic (exact) mass is 268 g/mol. The molecule has 0 unspecified atom stereocenters. The Morgan fingerprint density at radius 1 is 1.38 bits per heavy atom. The molecule has 0 aromatic carbocycles. The molecule has 0 aliphatic carbocycles. The summed E-state index contributed by atoms with van der Waals surface area (Å²) in [7, 11) is -3.26. The highest BCUT2D eigenvalue weighted by Gasteiger charge is 2.37. The van der Waals surface area contributed by atoms with Crippen LogP contribution in [0.3, 0.4) is 0 Å². The number of halogens is 1. The molecule has 1 aromatic heterocycles. The highest BCUT2D eigenvalue weighted by molar-refractivity contribution is 9.10. The minimum Gasteiger partial charge on any atom is -0.414 e. The summed E-state index contributed by atoms with van der Waals surface area (Å²) < 4.78 is 26.5. The van der Waals surface area contributed by atoms with Gasteiger partial charge in [0.1, 0.15) is 4.75 Å². The van der Waals surface area contributed by atoms with E-state index < -0.39 is 14.6 Å². The first-order valence-corrected chi connectivity index (χ1v) is 6.12. The molecular weight excluding hydrogens is 260 g/mol. The molecule has 5 nitrogen and oxygen atoms in total. The Morgan fingerprint density at radius 2 is 1.92 bits per heavy atom. The average molecular weight is 269 g/mol. The molecule has 0 N–H and O–H groups in total. The summed E-state index contributed by atoms with van der Waals surface area (Å²) in [5, 5.41) is 7.14. The van der Waals surface area contributed by atoms with Gasteiger partial charge in [0.05, 0.1) is 0 Å². The quantitative estimate of drug-likeness (QED) is 0.804. The lowest BCUT2D eigenvalue weighted by Crippen LogP contribution is -2.28. The number of aromatic nitrogens is 2. The van der Waals surface area contributed by atoms with Crippen molar-refractivity contribution < 1.29 is 12.8 Å². The predicted octanol–water partition coefficient (Wildman–Crippen LogP) is 1.11. The first-order chi connectivity index (χ1) is 5.75. The van der Waals surface area contributed by atoms with Crippen molar-refractivity contribution in [2.24, 2.45) is 0 Å². The molecule has 0 spiro atoms. The lowest BCUT2D eigenvalue weighted by atomic mass is 10.2. The lowest BCUT2D eigenvalue weighted by Gasteiger charge is -2.16. The van der Waals surface area contributed by atoms with Gasteiger partial charge in [0.2, 0.25) is 5.89 Å². The Bertz CT molecular complexity index is 409. The molecule has 0 saturated heterocycles. The van der Waals surface area contributed by atoms with Crippen LogP contribution in [0, 0.1) is 0 Å². The summed E-state index contributed by atoms with van der Waals surface area (Å²) in [6.45, 7) is 3.03. The van der Waals surface area contributed by atoms with E-state index in [2.05, 4.69) is 26.1 Å². The molecule has 7 heteroatoms. The van der Waals surface area contributed by atoms with Gasteiger partial charge in [-0.3, -0.25) is 0 Å². The van der Waals surface area contributed by atoms with Gasteiger partial charge in [-0.1, -0.05) is 0 Å². The Labute approximate surface area is 84.6 Å². The zero-order chi connectivity index (χ0) is 10.3. The number of rotatable bonds is 2. The molecule has 1 rings (SSSR count). The van der Waals surface area contributed by atoms with Crippen LogP contribution in [0.5, 0.6) is 0 Å². The third kappa shape index (κ3) is 1.91. The molecule has 0 aliphatic rings. The molecule has 0 saturated carbocycles. The Kier molecular flexibility index (Phi) is 2.50. The number of hydrogen-bond acceptors (Lipinski definition) is 5. The second kappa shape index (κ2) is 3.06. The average Bonchev–Trinajstić information content (AvgIpc) is 2.33. The SMILES string of the molecule is CC(C)(c1nnc(Br)o1)S(C)(=O)=O. The number of nitrogens with zero attached hydrogens (tertiary/aromatic N) is 2. The smallest absolute Gasteiger partial charge is 0.284 e.